The van der Waals surface area contributed by atoms with Crippen molar-refractivity contribution in [2.75, 3.05) is 0 Å². The van der Waals surface area contributed by atoms with Gasteiger partial charge in [0.05, 0.1) is 16.1 Å². The maximum Gasteiger partial charge on any atom is 0.289 e. The monoisotopic (exact) mass is 276 g/mol. The smallest absolute Gasteiger partial charge is 0.289 e. The largest absolute Gasteiger partial charge is 0.436 e. The Morgan fingerprint density at radius 1 is 1.37 bits per heavy atom. The molecule has 0 spiro atoms. The minimum atomic E-state index is -0.640. The van der Waals surface area contributed by atoms with E-state index in [9.17, 15) is 10.1 Å². The molecule has 0 saturated heterocycles. The van der Waals surface area contributed by atoms with Gasteiger partial charge in [0.2, 0.25) is 5.88 Å². The fourth-order valence-corrected chi connectivity index (χ4v) is 1.43. The number of ether oxygens (including phenoxy) is 1. The molecule has 0 aliphatic heterocycles. The number of hydrogen-bond donors (Lipinski definition) is 0. The third kappa shape index (κ3) is 2.94. The van der Waals surface area contributed by atoms with E-state index in [4.69, 9.17) is 21.6 Å². The first kappa shape index (κ1) is 12.7. The molecule has 0 radical (unpaired) electrons. The van der Waals surface area contributed by atoms with Crippen LogP contribution in [-0.4, -0.2) is 14.9 Å². The molecule has 2 aromatic heterocycles. The van der Waals surface area contributed by atoms with Gasteiger partial charge in [-0.2, -0.15) is 5.26 Å². The Morgan fingerprint density at radius 2 is 2.16 bits per heavy atom. The van der Waals surface area contributed by atoms with Gasteiger partial charge in [0.25, 0.3) is 5.69 Å². The second kappa shape index (κ2) is 5.29. The Bertz CT molecular complexity index is 684. The lowest BCUT2D eigenvalue weighted by atomic mass is 10.3. The van der Waals surface area contributed by atoms with Crippen LogP contribution in [0.1, 0.15) is 5.56 Å². The van der Waals surface area contributed by atoms with E-state index in [2.05, 4.69) is 9.97 Å². The molecule has 0 N–H and O–H groups in total. The number of hydrogen-bond acceptors (Lipinski definition) is 6. The second-order valence-corrected chi connectivity index (χ2v) is 3.79. The van der Waals surface area contributed by atoms with Crippen molar-refractivity contribution in [1.82, 2.24) is 9.97 Å². The van der Waals surface area contributed by atoms with Crippen LogP contribution >= 0.6 is 11.6 Å². The Labute approximate surface area is 112 Å². The van der Waals surface area contributed by atoms with Gasteiger partial charge >= 0.3 is 0 Å². The average molecular weight is 277 g/mol. The van der Waals surface area contributed by atoms with Crippen LogP contribution in [0.3, 0.4) is 0 Å². The number of nitro groups is 1. The topological polar surface area (TPSA) is 102 Å². The van der Waals surface area contributed by atoms with Crippen molar-refractivity contribution in [3.8, 4) is 17.7 Å². The van der Waals surface area contributed by atoms with Crippen LogP contribution in [-0.2, 0) is 0 Å². The summed E-state index contributed by atoms with van der Waals surface area (Å²) in [4.78, 5) is 17.5. The summed E-state index contributed by atoms with van der Waals surface area (Å²) in [5.74, 6) is 0.238. The van der Waals surface area contributed by atoms with E-state index < -0.39 is 4.92 Å². The van der Waals surface area contributed by atoms with Gasteiger partial charge in [-0.15, -0.1) is 0 Å². The summed E-state index contributed by atoms with van der Waals surface area (Å²) in [6.07, 6.45) is 3.81. The predicted molar refractivity (Wildman–Crippen MR) is 64.9 cm³/mol. The SMILES string of the molecule is N#Cc1cc([N+](=O)[O-])cnc1Oc1cncc(Cl)c1. The summed E-state index contributed by atoms with van der Waals surface area (Å²) in [5.41, 5.74) is -0.331. The van der Waals surface area contributed by atoms with Crippen LogP contribution in [0.25, 0.3) is 0 Å². The molecule has 0 bridgehead atoms. The van der Waals surface area contributed by atoms with Crippen LogP contribution in [0.2, 0.25) is 5.02 Å². The van der Waals surface area contributed by atoms with Gasteiger partial charge in [-0.05, 0) is 0 Å². The fourth-order valence-electron chi connectivity index (χ4n) is 1.26. The molecule has 2 aromatic rings. The first-order valence-corrected chi connectivity index (χ1v) is 5.31. The summed E-state index contributed by atoms with van der Waals surface area (Å²) < 4.78 is 5.31. The molecular formula is C11H5ClN4O3. The van der Waals surface area contributed by atoms with Gasteiger partial charge in [-0.3, -0.25) is 15.1 Å². The summed E-state index contributed by atoms with van der Waals surface area (Å²) in [7, 11) is 0. The van der Waals surface area contributed by atoms with Gasteiger partial charge in [-0.1, -0.05) is 11.6 Å². The van der Waals surface area contributed by atoms with Crippen molar-refractivity contribution in [1.29, 1.82) is 5.26 Å². The van der Waals surface area contributed by atoms with Gasteiger partial charge in [-0.25, -0.2) is 4.98 Å². The minimum Gasteiger partial charge on any atom is -0.436 e. The highest BCUT2D eigenvalue weighted by Gasteiger charge is 2.14. The minimum absolute atomic E-state index is 0.0443. The first-order chi connectivity index (χ1) is 9.10. The van der Waals surface area contributed by atoms with Gasteiger partial charge in [0, 0.05) is 18.3 Å². The van der Waals surface area contributed by atoms with Crippen molar-refractivity contribution in [3.63, 3.8) is 0 Å². The quantitative estimate of drug-likeness (QED) is 0.631. The number of pyridine rings is 2. The van der Waals surface area contributed by atoms with Gasteiger partial charge in [0.15, 0.2) is 0 Å². The number of nitrogens with zero attached hydrogens (tertiary/aromatic N) is 4. The first-order valence-electron chi connectivity index (χ1n) is 4.93. The highest BCUT2D eigenvalue weighted by Crippen LogP contribution is 2.26. The van der Waals surface area contributed by atoms with Crippen molar-refractivity contribution < 1.29 is 9.66 Å². The molecule has 0 fully saturated rings. The molecular weight excluding hydrogens is 272 g/mol. The van der Waals surface area contributed by atoms with E-state index in [0.29, 0.717) is 5.02 Å². The van der Waals surface area contributed by atoms with Gasteiger partial charge in [0.1, 0.15) is 23.6 Å². The summed E-state index contributed by atoms with van der Waals surface area (Å²) in [5, 5.41) is 19.9. The van der Waals surface area contributed by atoms with E-state index in [-0.39, 0.29) is 22.9 Å². The Kier molecular flexibility index (Phi) is 3.54. The molecule has 2 heterocycles. The molecule has 0 saturated carbocycles. The molecule has 2 rings (SSSR count). The Hall–Kier alpha value is -2.72. The zero-order chi connectivity index (χ0) is 13.8. The molecule has 0 aromatic carbocycles. The zero-order valence-corrected chi connectivity index (χ0v) is 10.0. The van der Waals surface area contributed by atoms with E-state index in [1.165, 1.54) is 18.5 Å². The molecule has 0 aliphatic rings. The highest BCUT2D eigenvalue weighted by molar-refractivity contribution is 6.30. The molecule has 0 aliphatic carbocycles. The third-order valence-corrected chi connectivity index (χ3v) is 2.27. The average Bonchev–Trinajstić information content (AvgIpc) is 2.39. The van der Waals surface area contributed by atoms with Crippen molar-refractivity contribution in [2.45, 2.75) is 0 Å². The number of nitriles is 1. The van der Waals surface area contributed by atoms with Crippen molar-refractivity contribution >= 4 is 17.3 Å². The van der Waals surface area contributed by atoms with Crippen molar-refractivity contribution in [3.05, 3.63) is 51.4 Å². The molecule has 0 unspecified atom stereocenters. The van der Waals surface area contributed by atoms with Crippen LogP contribution in [0.15, 0.2) is 30.7 Å². The maximum atomic E-state index is 10.6. The Balaban J connectivity index is 2.36. The van der Waals surface area contributed by atoms with E-state index in [1.807, 2.05) is 0 Å². The number of aromatic nitrogens is 2. The third-order valence-electron chi connectivity index (χ3n) is 2.06. The van der Waals surface area contributed by atoms with E-state index in [0.717, 1.165) is 12.3 Å². The maximum absolute atomic E-state index is 10.6. The van der Waals surface area contributed by atoms with E-state index >= 15 is 0 Å². The Morgan fingerprint density at radius 3 is 2.79 bits per heavy atom. The number of halogens is 1. The van der Waals surface area contributed by atoms with Crippen molar-refractivity contribution in [2.24, 2.45) is 0 Å². The summed E-state index contributed by atoms with van der Waals surface area (Å²) in [6.45, 7) is 0. The standard InChI is InChI=1S/C11H5ClN4O3/c12-8-2-10(6-14-4-8)19-11-7(3-13)1-9(5-15-11)16(17)18/h1-2,4-6H. The molecule has 0 atom stereocenters. The molecule has 7 nitrogen and oxygen atoms in total. The molecule has 0 amide bonds. The van der Waals surface area contributed by atoms with Crippen LogP contribution in [0, 0.1) is 21.4 Å². The van der Waals surface area contributed by atoms with Gasteiger partial charge < -0.3 is 4.74 Å². The fraction of sp³-hybridized carbons (Fsp3) is 0. The highest BCUT2D eigenvalue weighted by atomic mass is 35.5. The zero-order valence-electron chi connectivity index (χ0n) is 9.28. The second-order valence-electron chi connectivity index (χ2n) is 3.36. The lowest BCUT2D eigenvalue weighted by Gasteiger charge is -2.05. The number of rotatable bonds is 3. The van der Waals surface area contributed by atoms with E-state index in [1.54, 1.807) is 6.07 Å². The van der Waals surface area contributed by atoms with Crippen LogP contribution in [0.4, 0.5) is 5.69 Å². The van der Waals surface area contributed by atoms with Crippen LogP contribution in [0.5, 0.6) is 11.6 Å². The lowest BCUT2D eigenvalue weighted by molar-refractivity contribution is -0.385. The molecule has 8 heteroatoms. The summed E-state index contributed by atoms with van der Waals surface area (Å²) >= 11 is 5.73. The summed E-state index contributed by atoms with van der Waals surface area (Å²) in [6, 6.07) is 4.35. The predicted octanol–water partition coefficient (Wildman–Crippen LogP) is 2.70. The molecule has 19 heavy (non-hydrogen) atoms. The van der Waals surface area contributed by atoms with Crippen LogP contribution < -0.4 is 4.74 Å². The molecule has 94 valence electrons. The normalized spacial score (nSPS) is 9.68. The lowest BCUT2D eigenvalue weighted by Crippen LogP contribution is -1.95.